The summed E-state index contributed by atoms with van der Waals surface area (Å²) in [6.45, 7) is 2.02. The quantitative estimate of drug-likeness (QED) is 0.812. The Morgan fingerprint density at radius 2 is 1.94 bits per heavy atom. The van der Waals surface area contributed by atoms with Crippen LogP contribution in [0.15, 0.2) is 17.0 Å². The first-order valence-electron chi connectivity index (χ1n) is 5.30. The van der Waals surface area contributed by atoms with Gasteiger partial charge in [-0.05, 0) is 6.07 Å². The minimum atomic E-state index is -3.54. The van der Waals surface area contributed by atoms with Crippen molar-refractivity contribution in [1.29, 1.82) is 0 Å². The van der Waals surface area contributed by atoms with E-state index in [0.717, 1.165) is 0 Å². The van der Waals surface area contributed by atoms with Crippen molar-refractivity contribution in [2.75, 3.05) is 20.8 Å². The molecule has 102 valence electrons. The molecule has 0 aliphatic heterocycles. The highest BCUT2D eigenvalue weighted by molar-refractivity contribution is 7.89. The zero-order valence-corrected chi connectivity index (χ0v) is 12.1. The van der Waals surface area contributed by atoms with Gasteiger partial charge in [-0.25, -0.2) is 13.1 Å². The maximum absolute atomic E-state index is 11.9. The minimum absolute atomic E-state index is 0.109. The van der Waals surface area contributed by atoms with Crippen molar-refractivity contribution in [3.05, 3.63) is 17.7 Å². The Kier molecular flexibility index (Phi) is 5.25. The minimum Gasteiger partial charge on any atom is -0.493 e. The Morgan fingerprint density at radius 3 is 2.39 bits per heavy atom. The monoisotopic (exact) mass is 293 g/mol. The van der Waals surface area contributed by atoms with Crippen LogP contribution in [-0.4, -0.2) is 29.2 Å². The van der Waals surface area contributed by atoms with Crippen LogP contribution < -0.4 is 14.2 Å². The van der Waals surface area contributed by atoms with E-state index in [9.17, 15) is 8.42 Å². The highest BCUT2D eigenvalue weighted by Gasteiger charge is 2.19. The van der Waals surface area contributed by atoms with Crippen LogP contribution in [0.25, 0.3) is 0 Å². The SMILES string of the molecule is CCNS(=O)(=O)c1cc(CCl)c(OC)c(OC)c1. The number of benzene rings is 1. The van der Waals surface area contributed by atoms with E-state index in [1.165, 1.54) is 26.4 Å². The number of methoxy groups -OCH3 is 2. The molecule has 0 fully saturated rings. The number of halogens is 1. The van der Waals surface area contributed by atoms with E-state index in [1.807, 2.05) is 0 Å². The van der Waals surface area contributed by atoms with E-state index in [4.69, 9.17) is 21.1 Å². The molecule has 0 bridgehead atoms. The largest absolute Gasteiger partial charge is 0.493 e. The molecule has 0 aliphatic carbocycles. The Hall–Kier alpha value is -0.980. The first kappa shape index (κ1) is 15.1. The first-order chi connectivity index (χ1) is 8.50. The maximum atomic E-state index is 11.9. The molecule has 0 atom stereocenters. The predicted octanol–water partition coefficient (Wildman–Crippen LogP) is 1.74. The summed E-state index contributed by atoms with van der Waals surface area (Å²) in [5.41, 5.74) is 0.565. The zero-order valence-electron chi connectivity index (χ0n) is 10.5. The van der Waals surface area contributed by atoms with Crippen molar-refractivity contribution < 1.29 is 17.9 Å². The molecule has 1 aromatic rings. The Labute approximate surface area is 112 Å². The van der Waals surface area contributed by atoms with Gasteiger partial charge in [0.25, 0.3) is 0 Å². The topological polar surface area (TPSA) is 64.6 Å². The second kappa shape index (κ2) is 6.26. The van der Waals surface area contributed by atoms with Gasteiger partial charge in [0.15, 0.2) is 11.5 Å². The average Bonchev–Trinajstić information content (AvgIpc) is 2.36. The highest BCUT2D eigenvalue weighted by atomic mass is 35.5. The van der Waals surface area contributed by atoms with Gasteiger partial charge in [0.2, 0.25) is 10.0 Å². The number of hydrogen-bond donors (Lipinski definition) is 1. The van der Waals surface area contributed by atoms with Crippen molar-refractivity contribution in [2.24, 2.45) is 0 Å². The van der Waals surface area contributed by atoms with Gasteiger partial charge in [0.1, 0.15) is 0 Å². The fourth-order valence-corrected chi connectivity index (χ4v) is 2.85. The second-order valence-corrected chi connectivity index (χ2v) is 5.49. The Morgan fingerprint density at radius 1 is 1.28 bits per heavy atom. The molecular formula is C11H16ClNO4S. The molecule has 1 N–H and O–H groups in total. The van der Waals surface area contributed by atoms with Crippen molar-refractivity contribution in [3.8, 4) is 11.5 Å². The van der Waals surface area contributed by atoms with Crippen LogP contribution in [0, 0.1) is 0 Å². The molecule has 5 nitrogen and oxygen atoms in total. The number of hydrogen-bond acceptors (Lipinski definition) is 4. The molecule has 0 heterocycles. The molecule has 0 spiro atoms. The van der Waals surface area contributed by atoms with Crippen molar-refractivity contribution in [3.63, 3.8) is 0 Å². The lowest BCUT2D eigenvalue weighted by Crippen LogP contribution is -2.23. The average molecular weight is 294 g/mol. The van der Waals surface area contributed by atoms with Gasteiger partial charge in [-0.2, -0.15) is 0 Å². The fraction of sp³-hybridized carbons (Fsp3) is 0.455. The number of nitrogens with one attached hydrogen (secondary N) is 1. The predicted molar refractivity (Wildman–Crippen MR) is 70.0 cm³/mol. The van der Waals surface area contributed by atoms with E-state index < -0.39 is 10.0 Å². The molecule has 0 aromatic heterocycles. The molecule has 18 heavy (non-hydrogen) atoms. The molecule has 0 saturated carbocycles. The molecule has 0 saturated heterocycles. The summed E-state index contributed by atoms with van der Waals surface area (Å²) in [5, 5.41) is 0. The summed E-state index contributed by atoms with van der Waals surface area (Å²) in [7, 11) is -0.622. The summed E-state index contributed by atoms with van der Waals surface area (Å²) in [5.74, 6) is 0.921. The van der Waals surface area contributed by atoms with E-state index in [2.05, 4.69) is 4.72 Å². The van der Waals surface area contributed by atoms with Crippen LogP contribution in [0.3, 0.4) is 0 Å². The molecule has 0 aliphatic rings. The summed E-state index contributed by atoms with van der Waals surface area (Å²) in [4.78, 5) is 0.109. The third-order valence-electron chi connectivity index (χ3n) is 2.32. The summed E-state index contributed by atoms with van der Waals surface area (Å²) < 4.78 is 36.5. The van der Waals surface area contributed by atoms with Crippen LogP contribution in [0.1, 0.15) is 12.5 Å². The lowest BCUT2D eigenvalue weighted by atomic mass is 10.2. The van der Waals surface area contributed by atoms with Crippen LogP contribution in [0.5, 0.6) is 11.5 Å². The lowest BCUT2D eigenvalue weighted by Gasteiger charge is -2.14. The van der Waals surface area contributed by atoms with Crippen molar-refractivity contribution in [1.82, 2.24) is 4.72 Å². The summed E-state index contributed by atoms with van der Waals surface area (Å²) in [6.07, 6.45) is 0. The number of sulfonamides is 1. The highest BCUT2D eigenvalue weighted by Crippen LogP contribution is 2.34. The van der Waals surface area contributed by atoms with Gasteiger partial charge in [-0.1, -0.05) is 6.92 Å². The first-order valence-corrected chi connectivity index (χ1v) is 7.32. The Balaban J connectivity index is 3.41. The maximum Gasteiger partial charge on any atom is 0.240 e. The van der Waals surface area contributed by atoms with Crippen LogP contribution in [-0.2, 0) is 15.9 Å². The number of rotatable bonds is 6. The van der Waals surface area contributed by atoms with Gasteiger partial charge in [0, 0.05) is 18.2 Å². The van der Waals surface area contributed by atoms with Crippen LogP contribution in [0.4, 0.5) is 0 Å². The van der Waals surface area contributed by atoms with Gasteiger partial charge in [-0.15, -0.1) is 11.6 Å². The smallest absolute Gasteiger partial charge is 0.240 e. The third-order valence-corrected chi connectivity index (χ3v) is 4.13. The fourth-order valence-electron chi connectivity index (χ4n) is 1.54. The van der Waals surface area contributed by atoms with E-state index in [-0.39, 0.29) is 10.8 Å². The summed E-state index contributed by atoms with van der Waals surface area (Å²) in [6, 6.07) is 2.89. The van der Waals surface area contributed by atoms with E-state index >= 15 is 0 Å². The number of ether oxygens (including phenoxy) is 2. The van der Waals surface area contributed by atoms with E-state index in [1.54, 1.807) is 6.92 Å². The number of alkyl halides is 1. The normalized spacial score (nSPS) is 11.3. The van der Waals surface area contributed by atoms with E-state index in [0.29, 0.717) is 23.6 Å². The molecule has 7 heteroatoms. The molecule has 0 amide bonds. The Bertz CT molecular complexity index is 491. The third kappa shape index (κ3) is 3.07. The van der Waals surface area contributed by atoms with Gasteiger partial charge >= 0.3 is 0 Å². The molecular weight excluding hydrogens is 278 g/mol. The molecule has 0 radical (unpaired) electrons. The van der Waals surface area contributed by atoms with Crippen LogP contribution in [0.2, 0.25) is 0 Å². The van der Waals surface area contributed by atoms with Crippen molar-refractivity contribution in [2.45, 2.75) is 17.7 Å². The van der Waals surface area contributed by atoms with Crippen molar-refractivity contribution >= 4 is 21.6 Å². The summed E-state index contributed by atoms with van der Waals surface area (Å²) >= 11 is 5.79. The lowest BCUT2D eigenvalue weighted by molar-refractivity contribution is 0.351. The van der Waals surface area contributed by atoms with Gasteiger partial charge in [0.05, 0.1) is 25.0 Å². The standard InChI is InChI=1S/C11H16ClNO4S/c1-4-13-18(14,15)9-5-8(7-12)11(17-3)10(6-9)16-2/h5-6,13H,4,7H2,1-3H3. The van der Waals surface area contributed by atoms with Gasteiger partial charge < -0.3 is 9.47 Å². The molecule has 0 unspecified atom stereocenters. The van der Waals surface area contributed by atoms with Crippen LogP contribution >= 0.6 is 11.6 Å². The zero-order chi connectivity index (χ0) is 13.8. The molecule has 1 aromatic carbocycles. The second-order valence-electron chi connectivity index (χ2n) is 3.45. The molecule has 1 rings (SSSR count). The van der Waals surface area contributed by atoms with Gasteiger partial charge in [-0.3, -0.25) is 0 Å².